The largest absolute Gasteiger partial charge is 0.481 e. The van der Waals surface area contributed by atoms with Gasteiger partial charge in [-0.05, 0) is 12.5 Å². The SMILES string of the molecule is COc1cc(C(=O)N[C@@H]2CCN(Cc3cscn3)C[C@H]2O)ccn1. The number of carbonyl (C=O) groups is 1. The van der Waals surface area contributed by atoms with E-state index in [1.54, 1.807) is 23.5 Å². The van der Waals surface area contributed by atoms with Gasteiger partial charge in [-0.3, -0.25) is 9.69 Å². The number of thiazole rings is 1. The molecule has 2 aromatic heterocycles. The van der Waals surface area contributed by atoms with E-state index in [-0.39, 0.29) is 11.9 Å². The Balaban J connectivity index is 1.55. The van der Waals surface area contributed by atoms with Crippen molar-refractivity contribution in [2.75, 3.05) is 20.2 Å². The highest BCUT2D eigenvalue weighted by Gasteiger charge is 2.29. The summed E-state index contributed by atoms with van der Waals surface area (Å²) in [7, 11) is 1.51. The lowest BCUT2D eigenvalue weighted by Crippen LogP contribution is -2.53. The van der Waals surface area contributed by atoms with Crippen molar-refractivity contribution < 1.29 is 14.6 Å². The third kappa shape index (κ3) is 4.08. The molecule has 1 saturated heterocycles. The molecular formula is C16H20N4O3S. The quantitative estimate of drug-likeness (QED) is 0.835. The van der Waals surface area contributed by atoms with E-state index in [1.165, 1.54) is 13.3 Å². The average molecular weight is 348 g/mol. The Morgan fingerprint density at radius 3 is 3.12 bits per heavy atom. The van der Waals surface area contributed by atoms with Crippen LogP contribution < -0.4 is 10.1 Å². The molecule has 1 aliphatic rings. The molecule has 8 heteroatoms. The Morgan fingerprint density at radius 1 is 1.54 bits per heavy atom. The fourth-order valence-corrected chi connectivity index (χ4v) is 3.32. The second-order valence-electron chi connectivity index (χ2n) is 5.74. The number of carbonyl (C=O) groups excluding carboxylic acids is 1. The molecule has 0 radical (unpaired) electrons. The minimum Gasteiger partial charge on any atom is -0.481 e. The third-order valence-corrected chi connectivity index (χ3v) is 4.69. The number of pyridine rings is 1. The predicted molar refractivity (Wildman–Crippen MR) is 90.1 cm³/mol. The maximum absolute atomic E-state index is 12.3. The van der Waals surface area contributed by atoms with Crippen LogP contribution >= 0.6 is 11.3 Å². The monoisotopic (exact) mass is 348 g/mol. The van der Waals surface area contributed by atoms with Gasteiger partial charge in [-0.2, -0.15) is 0 Å². The van der Waals surface area contributed by atoms with Crippen molar-refractivity contribution in [3.05, 3.63) is 40.5 Å². The smallest absolute Gasteiger partial charge is 0.251 e. The van der Waals surface area contributed by atoms with Crippen LogP contribution in [0, 0.1) is 0 Å². The van der Waals surface area contributed by atoms with Crippen molar-refractivity contribution in [2.45, 2.75) is 25.1 Å². The number of nitrogens with zero attached hydrogens (tertiary/aromatic N) is 3. The molecule has 3 heterocycles. The number of ether oxygens (including phenoxy) is 1. The number of piperidine rings is 1. The van der Waals surface area contributed by atoms with Gasteiger partial charge in [0.15, 0.2) is 0 Å². The zero-order valence-electron chi connectivity index (χ0n) is 13.4. The Kier molecular flexibility index (Phi) is 5.39. The lowest BCUT2D eigenvalue weighted by molar-refractivity contribution is 0.0346. The zero-order valence-corrected chi connectivity index (χ0v) is 14.2. The van der Waals surface area contributed by atoms with E-state index in [1.807, 2.05) is 10.9 Å². The summed E-state index contributed by atoms with van der Waals surface area (Å²) in [6.07, 6.45) is 1.62. The van der Waals surface area contributed by atoms with Gasteiger partial charge in [0.25, 0.3) is 5.91 Å². The number of amides is 1. The Hall–Kier alpha value is -2.03. The number of β-amino-alcohol motifs (C(OH)–C–C–N with tert-alkyl or cyclic N) is 1. The van der Waals surface area contributed by atoms with Gasteiger partial charge >= 0.3 is 0 Å². The summed E-state index contributed by atoms with van der Waals surface area (Å²) in [5.74, 6) is 0.161. The minimum absolute atomic E-state index is 0.229. The Labute approximate surface area is 144 Å². The number of aromatic nitrogens is 2. The Morgan fingerprint density at radius 2 is 2.42 bits per heavy atom. The topological polar surface area (TPSA) is 87.6 Å². The van der Waals surface area contributed by atoms with Gasteiger partial charge in [0.05, 0.1) is 30.5 Å². The van der Waals surface area contributed by atoms with Crippen molar-refractivity contribution in [3.63, 3.8) is 0 Å². The van der Waals surface area contributed by atoms with Crippen molar-refractivity contribution in [1.82, 2.24) is 20.2 Å². The maximum atomic E-state index is 12.3. The normalized spacial score (nSPS) is 21.4. The first-order chi connectivity index (χ1) is 11.7. The van der Waals surface area contributed by atoms with E-state index in [0.717, 1.165) is 18.8 Å². The molecule has 2 aromatic rings. The summed E-state index contributed by atoms with van der Waals surface area (Å²) in [5, 5.41) is 15.3. The summed E-state index contributed by atoms with van der Waals surface area (Å²) >= 11 is 1.57. The standard InChI is InChI=1S/C16H20N4O3S/c1-23-15-6-11(2-4-17-15)16(22)19-13-3-5-20(8-14(13)21)7-12-9-24-10-18-12/h2,4,6,9-10,13-14,21H,3,5,7-8H2,1H3,(H,19,22)/t13-,14-/m1/s1. The molecule has 0 aliphatic carbocycles. The molecule has 2 atom stereocenters. The van der Waals surface area contributed by atoms with Crippen LogP contribution in [-0.4, -0.2) is 58.2 Å². The fraction of sp³-hybridized carbons (Fsp3) is 0.438. The van der Waals surface area contributed by atoms with E-state index in [2.05, 4.69) is 20.2 Å². The summed E-state index contributed by atoms with van der Waals surface area (Å²) in [6.45, 7) is 2.05. The van der Waals surface area contributed by atoms with Gasteiger partial charge in [0.2, 0.25) is 5.88 Å². The molecule has 2 N–H and O–H groups in total. The highest BCUT2D eigenvalue weighted by Crippen LogP contribution is 2.16. The van der Waals surface area contributed by atoms with E-state index in [0.29, 0.717) is 24.4 Å². The second kappa shape index (κ2) is 7.69. The van der Waals surface area contributed by atoms with Gasteiger partial charge in [-0.25, -0.2) is 9.97 Å². The number of likely N-dealkylation sites (tertiary alicyclic amines) is 1. The van der Waals surface area contributed by atoms with Gasteiger partial charge < -0.3 is 15.2 Å². The molecule has 1 fully saturated rings. The molecule has 128 valence electrons. The zero-order chi connectivity index (χ0) is 16.9. The first kappa shape index (κ1) is 16.8. The molecular weight excluding hydrogens is 328 g/mol. The van der Waals surface area contributed by atoms with Crippen molar-refractivity contribution in [2.24, 2.45) is 0 Å². The van der Waals surface area contributed by atoms with Crippen LogP contribution in [0.15, 0.2) is 29.2 Å². The fourth-order valence-electron chi connectivity index (χ4n) is 2.77. The number of hydrogen-bond donors (Lipinski definition) is 2. The molecule has 0 aromatic carbocycles. The van der Waals surface area contributed by atoms with Gasteiger partial charge in [0.1, 0.15) is 0 Å². The van der Waals surface area contributed by atoms with Crippen LogP contribution in [-0.2, 0) is 6.54 Å². The Bertz CT molecular complexity index is 680. The van der Waals surface area contributed by atoms with Crippen LogP contribution in [0.25, 0.3) is 0 Å². The number of aliphatic hydroxyl groups excluding tert-OH is 1. The lowest BCUT2D eigenvalue weighted by Gasteiger charge is -2.35. The summed E-state index contributed by atoms with van der Waals surface area (Å²) in [4.78, 5) is 22.7. The molecule has 0 unspecified atom stereocenters. The molecule has 3 rings (SSSR count). The van der Waals surface area contributed by atoms with E-state index in [4.69, 9.17) is 4.74 Å². The van der Waals surface area contributed by atoms with Gasteiger partial charge in [-0.1, -0.05) is 0 Å². The maximum Gasteiger partial charge on any atom is 0.251 e. The molecule has 24 heavy (non-hydrogen) atoms. The molecule has 1 amide bonds. The van der Waals surface area contributed by atoms with Crippen molar-refractivity contribution in [3.8, 4) is 5.88 Å². The molecule has 7 nitrogen and oxygen atoms in total. The molecule has 0 spiro atoms. The summed E-state index contributed by atoms with van der Waals surface area (Å²) in [6, 6.07) is 2.95. The number of hydrogen-bond acceptors (Lipinski definition) is 7. The third-order valence-electron chi connectivity index (χ3n) is 4.06. The average Bonchev–Trinajstić information content (AvgIpc) is 3.10. The van der Waals surface area contributed by atoms with Gasteiger partial charge in [0, 0.05) is 42.8 Å². The van der Waals surface area contributed by atoms with Crippen LogP contribution in [0.5, 0.6) is 5.88 Å². The van der Waals surface area contributed by atoms with Crippen molar-refractivity contribution in [1.29, 1.82) is 0 Å². The van der Waals surface area contributed by atoms with E-state index < -0.39 is 6.10 Å². The molecule has 0 saturated carbocycles. The van der Waals surface area contributed by atoms with Crippen LogP contribution in [0.4, 0.5) is 0 Å². The number of aliphatic hydroxyl groups is 1. The van der Waals surface area contributed by atoms with Gasteiger partial charge in [-0.15, -0.1) is 11.3 Å². The summed E-state index contributed by atoms with van der Waals surface area (Å²) in [5.41, 5.74) is 3.29. The minimum atomic E-state index is -0.606. The molecule has 0 bridgehead atoms. The van der Waals surface area contributed by atoms with Crippen LogP contribution in [0.3, 0.4) is 0 Å². The lowest BCUT2D eigenvalue weighted by atomic mass is 10.0. The molecule has 1 aliphatic heterocycles. The number of nitrogens with one attached hydrogen (secondary N) is 1. The van der Waals surface area contributed by atoms with Crippen LogP contribution in [0.1, 0.15) is 22.5 Å². The van der Waals surface area contributed by atoms with E-state index >= 15 is 0 Å². The number of methoxy groups -OCH3 is 1. The first-order valence-corrected chi connectivity index (χ1v) is 8.68. The predicted octanol–water partition coefficient (Wildman–Crippen LogP) is 0.912. The van der Waals surface area contributed by atoms with Crippen molar-refractivity contribution >= 4 is 17.2 Å². The van der Waals surface area contributed by atoms with Crippen LogP contribution in [0.2, 0.25) is 0 Å². The first-order valence-electron chi connectivity index (χ1n) is 7.74. The highest BCUT2D eigenvalue weighted by molar-refractivity contribution is 7.07. The highest BCUT2D eigenvalue weighted by atomic mass is 32.1. The van der Waals surface area contributed by atoms with E-state index in [9.17, 15) is 9.90 Å². The summed E-state index contributed by atoms with van der Waals surface area (Å²) < 4.78 is 5.03. The number of rotatable bonds is 5. The second-order valence-corrected chi connectivity index (χ2v) is 6.46.